The molecule has 2 heterocycles. The molecule has 3 rings (SSSR count). The number of aryl methyl sites for hydroxylation is 2. The first-order valence-corrected chi connectivity index (χ1v) is 10.8. The lowest BCUT2D eigenvalue weighted by Crippen LogP contribution is -2.49. The number of fused-ring (bicyclic) bond motifs is 1. The van der Waals surface area contributed by atoms with Gasteiger partial charge in [-0.05, 0) is 49.4 Å². The van der Waals surface area contributed by atoms with Crippen molar-refractivity contribution in [1.82, 2.24) is 9.88 Å². The summed E-state index contributed by atoms with van der Waals surface area (Å²) < 4.78 is 11.2. The van der Waals surface area contributed by atoms with Crippen molar-refractivity contribution >= 4 is 5.91 Å². The van der Waals surface area contributed by atoms with E-state index in [1.54, 1.807) is 11.1 Å². The zero-order valence-electron chi connectivity index (χ0n) is 18.2. The largest absolute Gasteiger partial charge is 0.491 e. The average Bonchev–Trinajstić information content (AvgIpc) is 2.79. The molecule has 0 fully saturated rings. The van der Waals surface area contributed by atoms with Crippen LogP contribution in [-0.2, 0) is 22.4 Å². The summed E-state index contributed by atoms with van der Waals surface area (Å²) in [7, 11) is 1.47. The molecule has 1 aromatic heterocycles. The van der Waals surface area contributed by atoms with Gasteiger partial charge in [-0.1, -0.05) is 24.3 Å². The number of aliphatic hydroxyl groups is 2. The highest BCUT2D eigenvalue weighted by Gasteiger charge is 2.30. The van der Waals surface area contributed by atoms with E-state index >= 15 is 0 Å². The molecule has 2 aromatic rings. The summed E-state index contributed by atoms with van der Waals surface area (Å²) in [5.41, 5.74) is 2.79. The Morgan fingerprint density at radius 1 is 1.23 bits per heavy atom. The van der Waals surface area contributed by atoms with Gasteiger partial charge in [0.1, 0.15) is 30.7 Å². The predicted octanol–water partition coefficient (Wildman–Crippen LogP) is 1.91. The number of rotatable bonds is 3. The predicted molar refractivity (Wildman–Crippen MR) is 117 cm³/mol. The highest BCUT2D eigenvalue weighted by Crippen LogP contribution is 2.22. The van der Waals surface area contributed by atoms with E-state index < -0.39 is 18.3 Å². The van der Waals surface area contributed by atoms with Gasteiger partial charge >= 0.3 is 0 Å². The summed E-state index contributed by atoms with van der Waals surface area (Å²) in [6.07, 6.45) is 1.40. The number of pyridine rings is 1. The fourth-order valence-electron chi connectivity index (χ4n) is 3.74. The molecule has 1 aliphatic heterocycles. The zero-order valence-corrected chi connectivity index (χ0v) is 18.2. The van der Waals surface area contributed by atoms with E-state index in [1.807, 2.05) is 43.3 Å². The van der Waals surface area contributed by atoms with Gasteiger partial charge in [0.05, 0.1) is 6.42 Å². The molecule has 3 atom stereocenters. The van der Waals surface area contributed by atoms with Crippen molar-refractivity contribution in [2.24, 2.45) is 0 Å². The molecule has 0 bridgehead atoms. The maximum absolute atomic E-state index is 13.1. The Balaban J connectivity index is 1.77. The molecule has 0 saturated carbocycles. The van der Waals surface area contributed by atoms with Gasteiger partial charge < -0.3 is 24.6 Å². The van der Waals surface area contributed by atoms with Crippen LogP contribution in [0.5, 0.6) is 5.75 Å². The van der Waals surface area contributed by atoms with Crippen LogP contribution in [-0.4, -0.2) is 71.1 Å². The molecule has 0 radical (unpaired) electrons. The monoisotopic (exact) mass is 428 g/mol. The van der Waals surface area contributed by atoms with Gasteiger partial charge in [-0.25, -0.2) is 0 Å². The first kappa shape index (κ1) is 23.2. The van der Waals surface area contributed by atoms with Crippen molar-refractivity contribution in [2.75, 3.05) is 26.8 Å². The number of amides is 1. The molecule has 0 aliphatic carbocycles. The Bertz CT molecular complexity index is 842. The van der Waals surface area contributed by atoms with Crippen LogP contribution in [0.3, 0.4) is 0 Å². The third kappa shape index (κ3) is 6.50. The van der Waals surface area contributed by atoms with E-state index in [0.717, 1.165) is 36.1 Å². The van der Waals surface area contributed by atoms with Crippen LogP contribution in [0, 0.1) is 6.92 Å². The van der Waals surface area contributed by atoms with E-state index in [0.29, 0.717) is 12.3 Å². The van der Waals surface area contributed by atoms with Crippen LogP contribution >= 0.6 is 0 Å². The quantitative estimate of drug-likeness (QED) is 0.776. The number of benzene rings is 1. The molecule has 7 nitrogen and oxygen atoms in total. The Morgan fingerprint density at radius 3 is 2.77 bits per heavy atom. The molecule has 0 saturated heterocycles. The van der Waals surface area contributed by atoms with Crippen molar-refractivity contribution < 1.29 is 24.5 Å². The summed E-state index contributed by atoms with van der Waals surface area (Å²) >= 11 is 0. The second-order valence-corrected chi connectivity index (χ2v) is 8.03. The third-order valence-corrected chi connectivity index (χ3v) is 5.67. The molecule has 2 N–H and O–H groups in total. The van der Waals surface area contributed by atoms with Crippen molar-refractivity contribution in [3.63, 3.8) is 0 Å². The number of nitrogens with zero attached hydrogens (tertiary/aromatic N) is 2. The number of carbonyl (C=O) groups is 1. The lowest BCUT2D eigenvalue weighted by Gasteiger charge is -2.31. The Kier molecular flexibility index (Phi) is 8.40. The zero-order chi connectivity index (χ0) is 22.2. The normalized spacial score (nSPS) is 23.0. The lowest BCUT2D eigenvalue weighted by molar-refractivity contribution is -0.136. The molecule has 1 amide bonds. The van der Waals surface area contributed by atoms with Crippen molar-refractivity contribution in [1.29, 1.82) is 0 Å². The smallest absolute Gasteiger partial charge is 0.227 e. The first-order chi connectivity index (χ1) is 15.0. The highest BCUT2D eigenvalue weighted by molar-refractivity contribution is 5.78. The number of methoxy groups -OCH3 is 1. The number of hydrogen-bond donors (Lipinski definition) is 2. The second kappa shape index (κ2) is 11.2. The number of carbonyl (C=O) groups excluding carboxylic acids is 1. The van der Waals surface area contributed by atoms with Crippen LogP contribution in [0.25, 0.3) is 0 Å². The maximum Gasteiger partial charge on any atom is 0.227 e. The second-order valence-electron chi connectivity index (χ2n) is 8.03. The summed E-state index contributed by atoms with van der Waals surface area (Å²) in [6.45, 7) is 2.59. The van der Waals surface area contributed by atoms with Crippen LogP contribution in [0.15, 0.2) is 42.6 Å². The van der Waals surface area contributed by atoms with E-state index in [-0.39, 0.29) is 25.5 Å². The molecule has 1 aliphatic rings. The van der Waals surface area contributed by atoms with Crippen LogP contribution < -0.4 is 4.74 Å². The highest BCUT2D eigenvalue weighted by atomic mass is 16.5. The fourth-order valence-corrected chi connectivity index (χ4v) is 3.74. The Hall–Kier alpha value is -2.48. The molecule has 7 heteroatoms. The van der Waals surface area contributed by atoms with Crippen LogP contribution in [0.2, 0.25) is 0 Å². The van der Waals surface area contributed by atoms with Gasteiger partial charge in [0.25, 0.3) is 0 Å². The fraction of sp³-hybridized carbons (Fsp3) is 0.500. The van der Waals surface area contributed by atoms with Gasteiger partial charge in [-0.2, -0.15) is 0 Å². The standard InChI is InChI=1S/C24H32N2O5/c1-17-10-11-18(14-25-17)13-23(28)26-12-6-5-8-19-7-3-4-9-21(19)31-16-20(27)24(29)22(15-26)30-2/h3-4,7,9-11,14,20,22,24,27,29H,5-6,8,12-13,15-16H2,1-2H3/t20-,22+,24-/m1/s1. The minimum absolute atomic E-state index is 0.0545. The van der Waals surface area contributed by atoms with E-state index in [1.165, 1.54) is 7.11 Å². The number of hydrogen-bond acceptors (Lipinski definition) is 6. The number of aromatic nitrogens is 1. The van der Waals surface area contributed by atoms with Gasteiger partial charge in [0.2, 0.25) is 5.91 Å². The Labute approximate surface area is 183 Å². The lowest BCUT2D eigenvalue weighted by atomic mass is 10.1. The van der Waals surface area contributed by atoms with Gasteiger partial charge in [0.15, 0.2) is 0 Å². The summed E-state index contributed by atoms with van der Waals surface area (Å²) in [5.74, 6) is 0.655. The van der Waals surface area contributed by atoms with E-state index in [9.17, 15) is 15.0 Å². The third-order valence-electron chi connectivity index (χ3n) is 5.67. The molecule has 0 unspecified atom stereocenters. The number of ether oxygens (including phenoxy) is 2. The number of para-hydroxylation sites is 1. The van der Waals surface area contributed by atoms with Crippen LogP contribution in [0.1, 0.15) is 29.7 Å². The minimum atomic E-state index is -1.19. The average molecular weight is 429 g/mol. The summed E-state index contributed by atoms with van der Waals surface area (Å²) in [5, 5.41) is 21.1. The topological polar surface area (TPSA) is 92.1 Å². The summed E-state index contributed by atoms with van der Waals surface area (Å²) in [4.78, 5) is 19.0. The SMILES string of the molecule is CO[C@H]1CN(C(=O)Cc2ccc(C)nc2)CCCCc2ccccc2OC[C@@H](O)[C@H]1O. The van der Waals surface area contributed by atoms with Crippen molar-refractivity contribution in [3.05, 3.63) is 59.4 Å². The Morgan fingerprint density at radius 2 is 2.03 bits per heavy atom. The molecule has 0 spiro atoms. The molecule has 31 heavy (non-hydrogen) atoms. The maximum atomic E-state index is 13.1. The molecular weight excluding hydrogens is 396 g/mol. The molecule has 168 valence electrons. The van der Waals surface area contributed by atoms with E-state index in [2.05, 4.69) is 4.98 Å². The van der Waals surface area contributed by atoms with E-state index in [4.69, 9.17) is 9.47 Å². The van der Waals surface area contributed by atoms with Crippen molar-refractivity contribution in [3.8, 4) is 5.75 Å². The van der Waals surface area contributed by atoms with Gasteiger partial charge in [-0.15, -0.1) is 0 Å². The molecule has 1 aromatic carbocycles. The number of aliphatic hydroxyl groups excluding tert-OH is 2. The van der Waals surface area contributed by atoms with Gasteiger partial charge in [0, 0.05) is 32.1 Å². The van der Waals surface area contributed by atoms with Crippen molar-refractivity contribution in [2.45, 2.75) is 50.9 Å². The van der Waals surface area contributed by atoms with Gasteiger partial charge in [-0.3, -0.25) is 9.78 Å². The van der Waals surface area contributed by atoms with Crippen LogP contribution in [0.4, 0.5) is 0 Å². The minimum Gasteiger partial charge on any atom is -0.491 e. The summed E-state index contributed by atoms with van der Waals surface area (Å²) in [6, 6.07) is 11.5. The first-order valence-electron chi connectivity index (χ1n) is 10.8. The molecular formula is C24H32N2O5.